The molecule has 0 N–H and O–H groups in total. The Morgan fingerprint density at radius 3 is 2.92 bits per heavy atom. The van der Waals surface area contributed by atoms with Crippen molar-refractivity contribution in [3.05, 3.63) is 26.9 Å². The Morgan fingerprint density at radius 2 is 2.38 bits per heavy atom. The summed E-state index contributed by atoms with van der Waals surface area (Å²) in [5, 5.41) is 10.3. The average Bonchev–Trinajstić information content (AvgIpc) is 2.03. The average molecular weight is 251 g/mol. The van der Waals surface area contributed by atoms with Gasteiger partial charge in [-0.3, -0.25) is 0 Å². The standard InChI is InChI=1S/C6H4BrFN2O3/c7-5-1-4(13-3-8)2-6(9-5)10(11)12/h1-2H,3H2. The van der Waals surface area contributed by atoms with Gasteiger partial charge in [0.05, 0.1) is 6.07 Å². The Kier molecular flexibility index (Phi) is 3.13. The highest BCUT2D eigenvalue weighted by atomic mass is 79.9. The van der Waals surface area contributed by atoms with E-state index in [-0.39, 0.29) is 10.4 Å². The van der Waals surface area contributed by atoms with Crippen LogP contribution in [-0.2, 0) is 0 Å². The number of aromatic nitrogens is 1. The zero-order valence-electron chi connectivity index (χ0n) is 6.24. The number of rotatable bonds is 3. The summed E-state index contributed by atoms with van der Waals surface area (Å²) < 4.78 is 16.4. The Bertz CT molecular complexity index is 334. The maximum atomic E-state index is 11.7. The summed E-state index contributed by atoms with van der Waals surface area (Å²) in [7, 11) is 0. The molecule has 0 spiro atoms. The first-order valence-electron chi connectivity index (χ1n) is 3.14. The third-order valence-corrected chi connectivity index (χ3v) is 1.57. The molecule has 7 heteroatoms. The SMILES string of the molecule is O=[N+]([O-])c1cc(OCF)cc(Br)n1. The monoisotopic (exact) mass is 250 g/mol. The van der Waals surface area contributed by atoms with E-state index in [1.807, 2.05) is 0 Å². The lowest BCUT2D eigenvalue weighted by molar-refractivity contribution is -0.389. The van der Waals surface area contributed by atoms with Crippen molar-refractivity contribution in [3.8, 4) is 5.75 Å². The van der Waals surface area contributed by atoms with E-state index < -0.39 is 17.6 Å². The Morgan fingerprint density at radius 1 is 1.69 bits per heavy atom. The van der Waals surface area contributed by atoms with Gasteiger partial charge in [-0.25, -0.2) is 4.39 Å². The van der Waals surface area contributed by atoms with Crippen LogP contribution >= 0.6 is 15.9 Å². The van der Waals surface area contributed by atoms with E-state index in [1.54, 1.807) is 0 Å². The van der Waals surface area contributed by atoms with Gasteiger partial charge in [0.15, 0.2) is 0 Å². The maximum absolute atomic E-state index is 11.7. The molecule has 0 radical (unpaired) electrons. The molecule has 0 unspecified atom stereocenters. The predicted molar refractivity (Wildman–Crippen MR) is 45.2 cm³/mol. The maximum Gasteiger partial charge on any atom is 0.368 e. The van der Waals surface area contributed by atoms with Crippen molar-refractivity contribution in [3.63, 3.8) is 0 Å². The molecule has 0 aliphatic rings. The largest absolute Gasteiger partial charge is 0.462 e. The molecule has 0 bridgehead atoms. The fourth-order valence-electron chi connectivity index (χ4n) is 0.700. The van der Waals surface area contributed by atoms with Crippen LogP contribution in [0.5, 0.6) is 5.75 Å². The third-order valence-electron chi connectivity index (χ3n) is 1.16. The molecule has 0 amide bonds. The second-order valence-corrected chi connectivity index (χ2v) is 2.81. The molecule has 0 saturated carbocycles. The molecule has 0 aromatic carbocycles. The second-order valence-electron chi connectivity index (χ2n) is 1.99. The number of hydrogen-bond donors (Lipinski definition) is 0. The second kappa shape index (κ2) is 4.13. The van der Waals surface area contributed by atoms with Gasteiger partial charge in [0.25, 0.3) is 0 Å². The van der Waals surface area contributed by atoms with Gasteiger partial charge in [0, 0.05) is 22.0 Å². The lowest BCUT2D eigenvalue weighted by atomic mass is 10.4. The van der Waals surface area contributed by atoms with Crippen molar-refractivity contribution in [2.75, 3.05) is 6.86 Å². The van der Waals surface area contributed by atoms with E-state index in [1.165, 1.54) is 6.07 Å². The van der Waals surface area contributed by atoms with Crippen LogP contribution in [0.4, 0.5) is 10.2 Å². The molecule has 5 nitrogen and oxygen atoms in total. The summed E-state index contributed by atoms with van der Waals surface area (Å²) in [5.41, 5.74) is 0. The number of hydrogen-bond acceptors (Lipinski definition) is 4. The van der Waals surface area contributed by atoms with Crippen molar-refractivity contribution in [1.82, 2.24) is 4.98 Å². The van der Waals surface area contributed by atoms with Crippen LogP contribution < -0.4 is 4.74 Å². The Labute approximate surface area is 80.8 Å². The molecule has 0 fully saturated rings. The molecule has 0 aliphatic heterocycles. The molecule has 0 atom stereocenters. The van der Waals surface area contributed by atoms with Gasteiger partial charge < -0.3 is 14.9 Å². The lowest BCUT2D eigenvalue weighted by Crippen LogP contribution is -1.95. The van der Waals surface area contributed by atoms with Crippen molar-refractivity contribution in [1.29, 1.82) is 0 Å². The number of pyridine rings is 1. The summed E-state index contributed by atoms with van der Waals surface area (Å²) in [4.78, 5) is 13.1. The van der Waals surface area contributed by atoms with Crippen molar-refractivity contribution in [2.24, 2.45) is 0 Å². The molecule has 1 aromatic heterocycles. The zero-order chi connectivity index (χ0) is 9.84. The minimum atomic E-state index is -1.03. The van der Waals surface area contributed by atoms with E-state index in [0.29, 0.717) is 0 Å². The van der Waals surface area contributed by atoms with Gasteiger partial charge in [-0.2, -0.15) is 0 Å². The molecular weight excluding hydrogens is 247 g/mol. The molecule has 1 aromatic rings. The Hall–Kier alpha value is -1.24. The number of ether oxygens (including phenoxy) is 1. The predicted octanol–water partition coefficient (Wildman–Crippen LogP) is 2.06. The Balaban J connectivity index is 3.03. The highest BCUT2D eigenvalue weighted by Gasteiger charge is 2.12. The van der Waals surface area contributed by atoms with E-state index in [0.717, 1.165) is 6.07 Å². The summed E-state index contributed by atoms with van der Waals surface area (Å²) in [6, 6.07) is 2.39. The van der Waals surface area contributed by atoms with E-state index >= 15 is 0 Å². The fraction of sp³-hybridized carbons (Fsp3) is 0.167. The van der Waals surface area contributed by atoms with Gasteiger partial charge in [0.1, 0.15) is 5.75 Å². The first kappa shape index (κ1) is 9.85. The van der Waals surface area contributed by atoms with Crippen LogP contribution in [0.3, 0.4) is 0 Å². The highest BCUT2D eigenvalue weighted by Crippen LogP contribution is 2.22. The quantitative estimate of drug-likeness (QED) is 0.468. The number of halogens is 2. The fourth-order valence-corrected chi connectivity index (χ4v) is 1.11. The minimum absolute atomic E-state index is 0.0658. The van der Waals surface area contributed by atoms with Crippen LogP contribution in [0.25, 0.3) is 0 Å². The van der Waals surface area contributed by atoms with Gasteiger partial charge in [0.2, 0.25) is 11.5 Å². The lowest BCUT2D eigenvalue weighted by Gasteiger charge is -1.99. The zero-order valence-corrected chi connectivity index (χ0v) is 7.82. The molecular formula is C6H4BrFN2O3. The van der Waals surface area contributed by atoms with Crippen LogP contribution in [0.1, 0.15) is 0 Å². The van der Waals surface area contributed by atoms with Crippen LogP contribution in [0.15, 0.2) is 16.7 Å². The normalized spacial score (nSPS) is 9.69. The van der Waals surface area contributed by atoms with Gasteiger partial charge >= 0.3 is 5.82 Å². The highest BCUT2D eigenvalue weighted by molar-refractivity contribution is 9.10. The van der Waals surface area contributed by atoms with Crippen molar-refractivity contribution in [2.45, 2.75) is 0 Å². The summed E-state index contributed by atoms with van der Waals surface area (Å²) >= 11 is 2.93. The van der Waals surface area contributed by atoms with Crippen molar-refractivity contribution < 1.29 is 14.1 Å². The molecule has 70 valence electrons. The van der Waals surface area contributed by atoms with Gasteiger partial charge in [-0.05, 0) is 9.91 Å². The molecule has 1 rings (SSSR count). The summed E-state index contributed by atoms with van der Waals surface area (Å²) in [6.45, 7) is -1.03. The molecule has 13 heavy (non-hydrogen) atoms. The molecule has 0 aliphatic carbocycles. The summed E-state index contributed by atoms with van der Waals surface area (Å²) in [6.07, 6.45) is 0. The van der Waals surface area contributed by atoms with E-state index in [2.05, 4.69) is 25.7 Å². The number of alkyl halides is 1. The van der Waals surface area contributed by atoms with Gasteiger partial charge in [-0.1, -0.05) is 0 Å². The number of nitrogens with zero attached hydrogens (tertiary/aromatic N) is 2. The molecule has 0 saturated heterocycles. The topological polar surface area (TPSA) is 65.3 Å². The van der Waals surface area contributed by atoms with Crippen LogP contribution in [0, 0.1) is 10.1 Å². The van der Waals surface area contributed by atoms with E-state index in [4.69, 9.17) is 0 Å². The first-order valence-corrected chi connectivity index (χ1v) is 3.93. The van der Waals surface area contributed by atoms with Crippen LogP contribution in [0.2, 0.25) is 0 Å². The smallest absolute Gasteiger partial charge is 0.368 e. The first-order chi connectivity index (χ1) is 6.13. The minimum Gasteiger partial charge on any atom is -0.462 e. The summed E-state index contributed by atoms with van der Waals surface area (Å²) in [5.74, 6) is -0.325. The van der Waals surface area contributed by atoms with Crippen molar-refractivity contribution >= 4 is 21.7 Å². The van der Waals surface area contributed by atoms with Crippen LogP contribution in [-0.4, -0.2) is 16.8 Å². The number of nitro groups is 1. The molecule has 1 heterocycles. The van der Waals surface area contributed by atoms with Gasteiger partial charge in [-0.15, -0.1) is 0 Å². The van der Waals surface area contributed by atoms with E-state index in [9.17, 15) is 14.5 Å². The third kappa shape index (κ3) is 2.62.